The van der Waals surface area contributed by atoms with Crippen LogP contribution in [0.2, 0.25) is 0 Å². The average Bonchev–Trinajstić information content (AvgIpc) is 3.24. The van der Waals surface area contributed by atoms with Crippen LogP contribution in [-0.2, 0) is 66.9 Å². The highest BCUT2D eigenvalue weighted by molar-refractivity contribution is 5.81. The Balaban J connectivity index is 0.000000331. The molecule has 15 heteroatoms. The van der Waals surface area contributed by atoms with Crippen LogP contribution in [0.4, 0.5) is 13.2 Å². The summed E-state index contributed by atoms with van der Waals surface area (Å²) in [6.45, 7) is 10.3. The Bertz CT molecular complexity index is 1970. The number of carbonyl (C=O) groups is 4. The SMILES string of the molecule is CCO[C@H](Cc1ccc(OC(C)C(=O)NCCc2ccc(C(F)(F)F)cc2)cc1)C(=O)O.CCO[C@H](Cc1ccc(OC(C)C(=O)NCCc2ccc(CC)cc2)cc1)C(=O)O. The van der Waals surface area contributed by atoms with Crippen molar-refractivity contribution in [2.24, 2.45) is 0 Å². The summed E-state index contributed by atoms with van der Waals surface area (Å²) in [6.07, 6.45) is -4.94. The van der Waals surface area contributed by atoms with E-state index in [1.165, 1.54) is 23.3 Å². The van der Waals surface area contributed by atoms with Crippen molar-refractivity contribution in [2.45, 2.75) is 97.3 Å². The number of aliphatic carboxylic acids is 2. The Hall–Kier alpha value is -5.93. The summed E-state index contributed by atoms with van der Waals surface area (Å²) in [5.74, 6) is -1.55. The van der Waals surface area contributed by atoms with Crippen LogP contribution in [0.3, 0.4) is 0 Å². The minimum absolute atomic E-state index is 0.174. The molecule has 4 N–H and O–H groups in total. The van der Waals surface area contributed by atoms with E-state index >= 15 is 0 Å². The summed E-state index contributed by atoms with van der Waals surface area (Å²) in [4.78, 5) is 46.9. The molecule has 0 aliphatic heterocycles. The van der Waals surface area contributed by atoms with E-state index in [0.717, 1.165) is 36.1 Å². The van der Waals surface area contributed by atoms with Crippen molar-refractivity contribution in [1.29, 1.82) is 0 Å². The van der Waals surface area contributed by atoms with Gasteiger partial charge in [-0.3, -0.25) is 9.59 Å². The van der Waals surface area contributed by atoms with E-state index in [0.29, 0.717) is 43.2 Å². The molecule has 0 saturated heterocycles. The molecule has 0 saturated carbocycles. The zero-order valence-corrected chi connectivity index (χ0v) is 35.7. The van der Waals surface area contributed by atoms with E-state index in [4.69, 9.17) is 24.1 Å². The summed E-state index contributed by atoms with van der Waals surface area (Å²) in [6, 6.07) is 27.0. The third-order valence-electron chi connectivity index (χ3n) is 9.48. The minimum atomic E-state index is -4.38. The Morgan fingerprint density at radius 3 is 1.21 bits per heavy atom. The van der Waals surface area contributed by atoms with E-state index in [-0.39, 0.29) is 31.2 Å². The second-order valence-corrected chi connectivity index (χ2v) is 14.2. The molecule has 336 valence electrons. The second-order valence-electron chi connectivity index (χ2n) is 14.2. The van der Waals surface area contributed by atoms with Gasteiger partial charge in [0.1, 0.15) is 11.5 Å². The van der Waals surface area contributed by atoms with Crippen LogP contribution in [0.1, 0.15) is 68.0 Å². The first-order valence-electron chi connectivity index (χ1n) is 20.5. The summed E-state index contributed by atoms with van der Waals surface area (Å²) in [5, 5.41) is 23.9. The molecule has 0 bridgehead atoms. The molecular weight excluding hydrogens is 810 g/mol. The largest absolute Gasteiger partial charge is 0.481 e. The Morgan fingerprint density at radius 1 is 0.548 bits per heavy atom. The molecule has 0 fully saturated rings. The van der Waals surface area contributed by atoms with E-state index < -0.39 is 48.1 Å². The lowest BCUT2D eigenvalue weighted by atomic mass is 10.1. The number of alkyl halides is 3. The molecule has 0 aliphatic rings. The van der Waals surface area contributed by atoms with Crippen LogP contribution in [0.15, 0.2) is 97.1 Å². The van der Waals surface area contributed by atoms with Crippen LogP contribution in [-0.4, -0.2) is 84.7 Å². The maximum Gasteiger partial charge on any atom is 0.416 e. The van der Waals surface area contributed by atoms with E-state index in [2.05, 4.69) is 41.8 Å². The monoisotopic (exact) mass is 866 g/mol. The number of aryl methyl sites for hydroxylation is 1. The summed E-state index contributed by atoms with van der Waals surface area (Å²) >= 11 is 0. The molecule has 0 aromatic heterocycles. The molecule has 4 rings (SSSR count). The van der Waals surface area contributed by atoms with E-state index in [1.807, 2.05) is 0 Å². The molecule has 2 unspecified atom stereocenters. The van der Waals surface area contributed by atoms with Gasteiger partial charge in [0.25, 0.3) is 11.8 Å². The molecule has 4 atom stereocenters. The summed E-state index contributed by atoms with van der Waals surface area (Å²) in [5.41, 5.74) is 4.03. The number of carboxylic acids is 2. The molecule has 62 heavy (non-hydrogen) atoms. The zero-order valence-electron chi connectivity index (χ0n) is 35.7. The highest BCUT2D eigenvalue weighted by atomic mass is 19.4. The van der Waals surface area contributed by atoms with Gasteiger partial charge in [0.15, 0.2) is 24.4 Å². The lowest BCUT2D eigenvalue weighted by Crippen LogP contribution is -2.37. The topological polar surface area (TPSA) is 170 Å². The van der Waals surface area contributed by atoms with Crippen LogP contribution in [0.25, 0.3) is 0 Å². The fraction of sp³-hybridized carbons (Fsp3) is 0.404. The third-order valence-corrected chi connectivity index (χ3v) is 9.48. The molecule has 4 aromatic carbocycles. The normalized spacial score (nSPS) is 13.0. The van der Waals surface area contributed by atoms with E-state index in [9.17, 15) is 37.5 Å². The number of amides is 2. The number of ether oxygens (including phenoxy) is 4. The van der Waals surface area contributed by atoms with Crippen LogP contribution < -0.4 is 20.1 Å². The van der Waals surface area contributed by atoms with Crippen molar-refractivity contribution in [1.82, 2.24) is 10.6 Å². The number of hydrogen-bond donors (Lipinski definition) is 4. The van der Waals surface area contributed by atoms with Gasteiger partial charge in [-0.2, -0.15) is 13.2 Å². The van der Waals surface area contributed by atoms with Crippen molar-refractivity contribution in [2.75, 3.05) is 26.3 Å². The van der Waals surface area contributed by atoms with Crippen molar-refractivity contribution < 1.29 is 61.5 Å². The number of carboxylic acid groups (broad SMARTS) is 2. The maximum absolute atomic E-state index is 12.6. The third kappa shape index (κ3) is 18.0. The number of halogens is 3. The molecule has 4 aromatic rings. The fourth-order valence-corrected chi connectivity index (χ4v) is 5.94. The smallest absolute Gasteiger partial charge is 0.416 e. The van der Waals surface area contributed by atoms with Gasteiger partial charge in [-0.05, 0) is 111 Å². The molecule has 0 heterocycles. The van der Waals surface area contributed by atoms with Gasteiger partial charge >= 0.3 is 18.1 Å². The van der Waals surface area contributed by atoms with Crippen LogP contribution in [0, 0.1) is 0 Å². The predicted octanol–water partition coefficient (Wildman–Crippen LogP) is 7.27. The average molecular weight is 867 g/mol. The Kier molecular flexibility index (Phi) is 20.9. The summed E-state index contributed by atoms with van der Waals surface area (Å²) in [7, 11) is 0. The lowest BCUT2D eigenvalue weighted by molar-refractivity contribution is -0.150. The quantitative estimate of drug-likeness (QED) is 0.0595. The fourth-order valence-electron chi connectivity index (χ4n) is 5.94. The molecule has 12 nitrogen and oxygen atoms in total. The number of carbonyl (C=O) groups excluding carboxylic acids is 2. The van der Waals surface area contributed by atoms with Gasteiger partial charge < -0.3 is 39.8 Å². The number of hydrogen-bond acceptors (Lipinski definition) is 8. The highest BCUT2D eigenvalue weighted by Gasteiger charge is 2.30. The standard InChI is InChI=1S/C24H31NO5.C23H26F3NO5/c1-4-18-6-8-19(9-7-18)14-15-25-23(26)17(3)30-21-12-10-20(11-13-21)16-22(24(27)28)29-5-2;1-3-31-20(22(29)30)14-17-6-10-19(11-7-17)32-15(2)21(28)27-13-12-16-4-8-18(9-5-16)23(24,25)26/h6-13,17,22H,4-5,14-16H2,1-3H3,(H,25,26)(H,27,28);4-11,15,20H,3,12-14H2,1-2H3,(H,27,28)(H,29,30)/t17?,22-;15?,20-/m11/s1. The summed E-state index contributed by atoms with van der Waals surface area (Å²) < 4.78 is 59.5. The molecule has 0 spiro atoms. The zero-order chi connectivity index (χ0) is 45.7. The highest BCUT2D eigenvalue weighted by Crippen LogP contribution is 2.29. The first kappa shape index (κ1) is 50.4. The molecule has 0 aliphatic carbocycles. The second kappa shape index (κ2) is 25.8. The molecule has 0 radical (unpaired) electrons. The van der Waals surface area contributed by atoms with Crippen molar-refractivity contribution in [3.8, 4) is 11.5 Å². The van der Waals surface area contributed by atoms with Gasteiger partial charge in [0.05, 0.1) is 5.56 Å². The van der Waals surface area contributed by atoms with Gasteiger partial charge in [0.2, 0.25) is 0 Å². The van der Waals surface area contributed by atoms with Crippen molar-refractivity contribution in [3.05, 3.63) is 130 Å². The molecular formula is C47H57F3N2O10. The number of benzene rings is 4. The van der Waals surface area contributed by atoms with Gasteiger partial charge in [-0.25, -0.2) is 9.59 Å². The van der Waals surface area contributed by atoms with Gasteiger partial charge in [0, 0.05) is 39.1 Å². The van der Waals surface area contributed by atoms with Gasteiger partial charge in [-0.1, -0.05) is 67.6 Å². The first-order chi connectivity index (χ1) is 29.5. The number of rotatable bonds is 23. The maximum atomic E-state index is 12.6. The first-order valence-corrected chi connectivity index (χ1v) is 20.5. The number of nitrogens with one attached hydrogen (secondary N) is 2. The van der Waals surface area contributed by atoms with Crippen molar-refractivity contribution >= 4 is 23.8 Å². The lowest BCUT2D eigenvalue weighted by Gasteiger charge is -2.16. The van der Waals surface area contributed by atoms with Crippen molar-refractivity contribution in [3.63, 3.8) is 0 Å². The Labute approximate surface area is 360 Å². The molecule has 2 amide bonds. The van der Waals surface area contributed by atoms with Crippen LogP contribution >= 0.6 is 0 Å². The van der Waals surface area contributed by atoms with Gasteiger partial charge in [-0.15, -0.1) is 0 Å². The van der Waals surface area contributed by atoms with Crippen LogP contribution in [0.5, 0.6) is 11.5 Å². The predicted molar refractivity (Wildman–Crippen MR) is 227 cm³/mol. The Morgan fingerprint density at radius 2 is 0.887 bits per heavy atom. The minimum Gasteiger partial charge on any atom is -0.481 e. The van der Waals surface area contributed by atoms with E-state index in [1.54, 1.807) is 76.2 Å².